The Morgan fingerprint density at radius 3 is 1.76 bits per heavy atom. The second kappa shape index (κ2) is 12.3. The van der Waals surface area contributed by atoms with Crippen molar-refractivity contribution in [2.75, 3.05) is 6.61 Å². The number of aliphatic carboxylic acids is 1. The van der Waals surface area contributed by atoms with Crippen molar-refractivity contribution in [3.63, 3.8) is 0 Å². The Balaban J connectivity index is 5.34. The molecule has 0 aromatic rings. The molecule has 0 aromatic heterocycles. The Bertz CT molecular complexity index is 584. The first-order chi connectivity index (χ1) is 13.4. The molecule has 0 bridgehead atoms. The van der Waals surface area contributed by atoms with Gasteiger partial charge in [0, 0.05) is 0 Å². The molecule has 0 aliphatic carbocycles. The van der Waals surface area contributed by atoms with Gasteiger partial charge in [0.05, 0.1) is 18.8 Å². The van der Waals surface area contributed by atoms with E-state index < -0.39 is 72.6 Å². The topological polar surface area (TPSA) is 211 Å². The van der Waals surface area contributed by atoms with Crippen LogP contribution in [0.4, 0.5) is 0 Å². The van der Waals surface area contributed by atoms with Gasteiger partial charge >= 0.3 is 5.97 Å². The van der Waals surface area contributed by atoms with Gasteiger partial charge in [-0.05, 0) is 19.8 Å². The summed E-state index contributed by atoms with van der Waals surface area (Å²) in [4.78, 5) is 48.1. The molecule has 0 saturated carbocycles. The monoisotopic (exact) mass is 420 g/mol. The highest BCUT2D eigenvalue weighted by Crippen LogP contribution is 2.09. The summed E-state index contributed by atoms with van der Waals surface area (Å²) < 4.78 is 0. The van der Waals surface area contributed by atoms with Gasteiger partial charge in [-0.1, -0.05) is 20.3 Å². The fourth-order valence-electron chi connectivity index (χ4n) is 2.27. The summed E-state index contributed by atoms with van der Waals surface area (Å²) in [5, 5.41) is 44.1. The van der Waals surface area contributed by atoms with Gasteiger partial charge in [0.15, 0.2) is 6.04 Å². The zero-order chi connectivity index (χ0) is 22.9. The van der Waals surface area contributed by atoms with E-state index in [1.54, 1.807) is 13.8 Å². The molecule has 9 N–H and O–H groups in total. The lowest BCUT2D eigenvalue weighted by atomic mass is 9.97. The molecule has 0 radical (unpaired) electrons. The number of aliphatic hydroxyl groups excluding tert-OH is 3. The van der Waals surface area contributed by atoms with Gasteiger partial charge < -0.3 is 42.1 Å². The fourth-order valence-corrected chi connectivity index (χ4v) is 2.27. The van der Waals surface area contributed by atoms with Gasteiger partial charge in [0.2, 0.25) is 17.7 Å². The summed E-state index contributed by atoms with van der Waals surface area (Å²) in [5.74, 6) is -4.50. The van der Waals surface area contributed by atoms with Crippen molar-refractivity contribution >= 4 is 23.7 Å². The van der Waals surface area contributed by atoms with E-state index in [0.717, 1.165) is 0 Å². The van der Waals surface area contributed by atoms with E-state index in [1.807, 2.05) is 0 Å². The number of nitrogens with one attached hydrogen (secondary N) is 3. The van der Waals surface area contributed by atoms with Crippen molar-refractivity contribution in [1.82, 2.24) is 16.0 Å². The molecular weight excluding hydrogens is 388 g/mol. The molecular formula is C17H32N4O8. The van der Waals surface area contributed by atoms with E-state index in [2.05, 4.69) is 16.0 Å². The van der Waals surface area contributed by atoms with Crippen LogP contribution in [-0.4, -0.2) is 87.1 Å². The second-order valence-electron chi connectivity index (χ2n) is 6.95. The van der Waals surface area contributed by atoms with Crippen LogP contribution in [0.25, 0.3) is 0 Å². The number of carbonyl (C=O) groups is 4. The van der Waals surface area contributed by atoms with E-state index in [1.165, 1.54) is 13.8 Å². The second-order valence-corrected chi connectivity index (χ2v) is 6.95. The Kier molecular flexibility index (Phi) is 11.3. The maximum absolute atomic E-state index is 12.5. The number of hydrogen-bond donors (Lipinski definition) is 8. The molecule has 7 unspecified atom stereocenters. The molecule has 0 aliphatic rings. The quantitative estimate of drug-likeness (QED) is 0.158. The van der Waals surface area contributed by atoms with Crippen molar-refractivity contribution in [1.29, 1.82) is 0 Å². The SMILES string of the molecule is CCC(C)C(NC(=O)C(CO)NC(=O)C(N)C(C)O)C(=O)NC(C(=O)O)C(C)O. The molecule has 12 heteroatoms. The number of carboxylic acids is 1. The first-order valence-electron chi connectivity index (χ1n) is 9.23. The molecule has 168 valence electrons. The molecule has 7 atom stereocenters. The van der Waals surface area contributed by atoms with Crippen LogP contribution < -0.4 is 21.7 Å². The normalized spacial score (nSPS) is 18.3. The zero-order valence-electron chi connectivity index (χ0n) is 17.0. The maximum atomic E-state index is 12.5. The molecule has 3 amide bonds. The van der Waals surface area contributed by atoms with Gasteiger partial charge in [0.1, 0.15) is 18.1 Å². The molecule has 0 aromatic carbocycles. The predicted octanol–water partition coefficient (Wildman–Crippen LogP) is -3.35. The zero-order valence-corrected chi connectivity index (χ0v) is 17.0. The van der Waals surface area contributed by atoms with Crippen LogP contribution in [-0.2, 0) is 19.2 Å². The molecule has 0 heterocycles. The van der Waals surface area contributed by atoms with Crippen LogP contribution in [0.2, 0.25) is 0 Å². The van der Waals surface area contributed by atoms with E-state index in [-0.39, 0.29) is 0 Å². The van der Waals surface area contributed by atoms with E-state index in [0.29, 0.717) is 6.42 Å². The average molecular weight is 420 g/mol. The summed E-state index contributed by atoms with van der Waals surface area (Å²) in [5.41, 5.74) is 5.48. The molecule has 0 spiro atoms. The molecule has 0 saturated heterocycles. The van der Waals surface area contributed by atoms with Crippen LogP contribution in [0.1, 0.15) is 34.1 Å². The van der Waals surface area contributed by atoms with Crippen molar-refractivity contribution < 1.29 is 39.6 Å². The Hall–Kier alpha value is -2.28. The largest absolute Gasteiger partial charge is 0.480 e. The van der Waals surface area contributed by atoms with E-state index >= 15 is 0 Å². The highest BCUT2D eigenvalue weighted by molar-refractivity contribution is 5.94. The number of carbonyl (C=O) groups excluding carboxylic acids is 3. The number of aliphatic hydroxyl groups is 3. The summed E-state index contributed by atoms with van der Waals surface area (Å²) in [6.45, 7) is 5.05. The summed E-state index contributed by atoms with van der Waals surface area (Å²) >= 11 is 0. The van der Waals surface area contributed by atoms with Crippen LogP contribution >= 0.6 is 0 Å². The van der Waals surface area contributed by atoms with Crippen molar-refractivity contribution in [3.05, 3.63) is 0 Å². The van der Waals surface area contributed by atoms with E-state index in [4.69, 9.17) is 10.8 Å². The maximum Gasteiger partial charge on any atom is 0.328 e. The van der Waals surface area contributed by atoms with Gasteiger partial charge in [0.25, 0.3) is 0 Å². The third-order valence-corrected chi connectivity index (χ3v) is 4.48. The molecule has 0 rings (SSSR count). The van der Waals surface area contributed by atoms with Crippen molar-refractivity contribution in [3.8, 4) is 0 Å². The first-order valence-corrected chi connectivity index (χ1v) is 9.23. The lowest BCUT2D eigenvalue weighted by Gasteiger charge is -2.28. The average Bonchev–Trinajstić information content (AvgIpc) is 2.65. The van der Waals surface area contributed by atoms with Crippen molar-refractivity contribution in [2.45, 2.75) is 70.5 Å². The van der Waals surface area contributed by atoms with Gasteiger partial charge in [-0.3, -0.25) is 14.4 Å². The third kappa shape index (κ3) is 8.31. The van der Waals surface area contributed by atoms with Crippen LogP contribution in [0, 0.1) is 5.92 Å². The lowest BCUT2D eigenvalue weighted by molar-refractivity contribution is -0.145. The first kappa shape index (κ1) is 26.7. The number of amides is 3. The Labute approximate surface area is 168 Å². The number of hydrogen-bond acceptors (Lipinski definition) is 8. The molecule has 0 aliphatic heterocycles. The predicted molar refractivity (Wildman–Crippen MR) is 101 cm³/mol. The fraction of sp³-hybridized carbons (Fsp3) is 0.765. The summed E-state index contributed by atoms with van der Waals surface area (Å²) in [6, 6.07) is -5.54. The summed E-state index contributed by atoms with van der Waals surface area (Å²) in [7, 11) is 0. The minimum absolute atomic E-state index is 0.433. The minimum Gasteiger partial charge on any atom is -0.480 e. The smallest absolute Gasteiger partial charge is 0.328 e. The third-order valence-electron chi connectivity index (χ3n) is 4.48. The summed E-state index contributed by atoms with van der Waals surface area (Å²) in [6.07, 6.45) is -2.13. The van der Waals surface area contributed by atoms with Gasteiger partial charge in [-0.2, -0.15) is 0 Å². The number of carboxylic acid groups (broad SMARTS) is 1. The van der Waals surface area contributed by atoms with Crippen molar-refractivity contribution in [2.24, 2.45) is 11.7 Å². The van der Waals surface area contributed by atoms with Crippen LogP contribution in [0.5, 0.6) is 0 Å². The number of rotatable bonds is 12. The van der Waals surface area contributed by atoms with E-state index in [9.17, 15) is 34.5 Å². The lowest BCUT2D eigenvalue weighted by Crippen LogP contribution is -2.61. The standard InChI is InChI=1S/C17H32N4O8/c1-5-7(2)12(16(27)21-13(9(4)24)17(28)29)20-14(25)10(6-22)19-15(26)11(18)8(3)23/h7-13,22-24H,5-6,18H2,1-4H3,(H,19,26)(H,20,25)(H,21,27)(H,28,29). The molecule has 0 fully saturated rings. The van der Waals surface area contributed by atoms with Gasteiger partial charge in [-0.25, -0.2) is 4.79 Å². The minimum atomic E-state index is -1.58. The molecule has 29 heavy (non-hydrogen) atoms. The number of nitrogens with two attached hydrogens (primary N) is 1. The molecule has 12 nitrogen and oxygen atoms in total. The Morgan fingerprint density at radius 1 is 0.862 bits per heavy atom. The Morgan fingerprint density at radius 2 is 1.38 bits per heavy atom. The highest BCUT2D eigenvalue weighted by Gasteiger charge is 2.34. The van der Waals surface area contributed by atoms with Crippen LogP contribution in [0.15, 0.2) is 0 Å². The van der Waals surface area contributed by atoms with Crippen LogP contribution in [0.3, 0.4) is 0 Å². The highest BCUT2D eigenvalue weighted by atomic mass is 16.4. The van der Waals surface area contributed by atoms with Gasteiger partial charge in [-0.15, -0.1) is 0 Å².